The molecule has 0 aliphatic rings. The molecule has 0 heterocycles. The van der Waals surface area contributed by atoms with E-state index in [1.54, 1.807) is 0 Å². The first kappa shape index (κ1) is 18.0. The maximum absolute atomic E-state index is 13.5. The molecular formula is C12H16BrFN2O4S. The van der Waals surface area contributed by atoms with Gasteiger partial charge in [0.05, 0.1) is 13.5 Å². The Labute approximate surface area is 131 Å². The summed E-state index contributed by atoms with van der Waals surface area (Å²) in [6.07, 6.45) is -0.0564. The van der Waals surface area contributed by atoms with Gasteiger partial charge in [0.1, 0.15) is 5.82 Å². The lowest BCUT2D eigenvalue weighted by Gasteiger charge is -2.17. The third-order valence-electron chi connectivity index (χ3n) is 2.72. The highest BCUT2D eigenvalue weighted by Gasteiger charge is 2.19. The molecule has 0 radical (unpaired) electrons. The first-order chi connectivity index (χ1) is 9.76. The lowest BCUT2D eigenvalue weighted by atomic mass is 10.2. The standard InChI is InChI=1S/C12H16BrFN2O4S/c1-16(6-5-12(17)20-2)21(18,19)15-8-9-7-10(13)3-4-11(9)14/h3-4,7,15H,5-6,8H2,1-2H3. The van der Waals surface area contributed by atoms with Crippen molar-refractivity contribution in [1.82, 2.24) is 9.03 Å². The summed E-state index contributed by atoms with van der Waals surface area (Å²) in [7, 11) is -1.25. The third kappa shape index (κ3) is 5.70. The summed E-state index contributed by atoms with van der Waals surface area (Å²) in [6.45, 7) is -0.209. The normalized spacial score (nSPS) is 11.7. The van der Waals surface area contributed by atoms with Crippen molar-refractivity contribution in [2.24, 2.45) is 0 Å². The highest BCUT2D eigenvalue weighted by molar-refractivity contribution is 9.10. The molecule has 6 nitrogen and oxygen atoms in total. The molecule has 0 unspecified atom stereocenters. The summed E-state index contributed by atoms with van der Waals surface area (Å²) < 4.78 is 45.7. The Morgan fingerprint density at radius 3 is 2.76 bits per heavy atom. The van der Waals surface area contributed by atoms with E-state index in [4.69, 9.17) is 0 Å². The zero-order valence-electron chi connectivity index (χ0n) is 11.6. The fourth-order valence-electron chi connectivity index (χ4n) is 1.43. The SMILES string of the molecule is COC(=O)CCN(C)S(=O)(=O)NCc1cc(Br)ccc1F. The van der Waals surface area contributed by atoms with Gasteiger partial charge >= 0.3 is 5.97 Å². The fourth-order valence-corrected chi connectivity index (χ4v) is 2.73. The Kier molecular flexibility index (Phi) is 6.72. The molecule has 0 aromatic heterocycles. The number of rotatable bonds is 7. The van der Waals surface area contributed by atoms with Gasteiger partial charge in [0.15, 0.2) is 0 Å². The summed E-state index contributed by atoms with van der Waals surface area (Å²) in [6, 6.07) is 4.26. The molecule has 1 aromatic carbocycles. The third-order valence-corrected chi connectivity index (χ3v) is 4.73. The molecule has 0 amide bonds. The Morgan fingerprint density at radius 1 is 1.48 bits per heavy atom. The van der Waals surface area contributed by atoms with Crippen LogP contribution in [0, 0.1) is 5.82 Å². The molecule has 118 valence electrons. The Hall–Kier alpha value is -1.03. The van der Waals surface area contributed by atoms with Crippen LogP contribution in [0.2, 0.25) is 0 Å². The van der Waals surface area contributed by atoms with Gasteiger partial charge in [0.2, 0.25) is 0 Å². The van der Waals surface area contributed by atoms with E-state index < -0.39 is 22.0 Å². The number of methoxy groups -OCH3 is 1. The van der Waals surface area contributed by atoms with E-state index in [-0.39, 0.29) is 25.1 Å². The van der Waals surface area contributed by atoms with Crippen LogP contribution in [0.5, 0.6) is 0 Å². The van der Waals surface area contributed by atoms with Crippen LogP contribution in [-0.4, -0.2) is 39.4 Å². The average Bonchev–Trinajstić information content (AvgIpc) is 2.45. The molecule has 0 atom stereocenters. The smallest absolute Gasteiger partial charge is 0.306 e. The summed E-state index contributed by atoms with van der Waals surface area (Å²) in [5, 5.41) is 0. The van der Waals surface area contributed by atoms with Crippen LogP contribution in [0.3, 0.4) is 0 Å². The minimum Gasteiger partial charge on any atom is -0.469 e. The van der Waals surface area contributed by atoms with Crippen molar-refractivity contribution < 1.29 is 22.3 Å². The highest BCUT2D eigenvalue weighted by atomic mass is 79.9. The summed E-state index contributed by atoms with van der Waals surface area (Å²) in [5.74, 6) is -1.01. The molecule has 1 aromatic rings. The van der Waals surface area contributed by atoms with Gasteiger partial charge in [-0.05, 0) is 18.2 Å². The van der Waals surface area contributed by atoms with Crippen LogP contribution in [0.4, 0.5) is 4.39 Å². The average molecular weight is 383 g/mol. The molecule has 0 fully saturated rings. The van der Waals surface area contributed by atoms with Crippen LogP contribution in [0.1, 0.15) is 12.0 Å². The summed E-state index contributed by atoms with van der Waals surface area (Å²) in [4.78, 5) is 11.0. The molecule has 0 bridgehead atoms. The van der Waals surface area contributed by atoms with E-state index in [1.165, 1.54) is 32.4 Å². The molecular weight excluding hydrogens is 367 g/mol. The number of benzene rings is 1. The largest absolute Gasteiger partial charge is 0.469 e. The van der Waals surface area contributed by atoms with Gasteiger partial charge in [0.25, 0.3) is 10.2 Å². The number of hydrogen-bond acceptors (Lipinski definition) is 4. The predicted molar refractivity (Wildman–Crippen MR) is 79.1 cm³/mol. The number of halogens is 2. The number of hydrogen-bond donors (Lipinski definition) is 1. The van der Waals surface area contributed by atoms with Gasteiger partial charge in [-0.1, -0.05) is 15.9 Å². The fraction of sp³-hybridized carbons (Fsp3) is 0.417. The lowest BCUT2D eigenvalue weighted by Crippen LogP contribution is -2.39. The van der Waals surface area contributed by atoms with Crippen molar-refractivity contribution in [1.29, 1.82) is 0 Å². The van der Waals surface area contributed by atoms with E-state index in [2.05, 4.69) is 25.4 Å². The van der Waals surface area contributed by atoms with Crippen molar-refractivity contribution in [3.05, 3.63) is 34.1 Å². The maximum atomic E-state index is 13.5. The molecule has 1 rings (SSSR count). The number of carbonyl (C=O) groups excluding carboxylic acids is 1. The zero-order valence-corrected chi connectivity index (χ0v) is 14.0. The van der Waals surface area contributed by atoms with Crippen molar-refractivity contribution in [2.45, 2.75) is 13.0 Å². The minimum atomic E-state index is -3.80. The number of esters is 1. The van der Waals surface area contributed by atoms with Gasteiger partial charge in [-0.3, -0.25) is 4.79 Å². The zero-order chi connectivity index (χ0) is 16.0. The van der Waals surface area contributed by atoms with Gasteiger partial charge < -0.3 is 4.74 Å². The Morgan fingerprint density at radius 2 is 2.14 bits per heavy atom. The second-order valence-electron chi connectivity index (χ2n) is 4.21. The molecule has 0 aliphatic heterocycles. The van der Waals surface area contributed by atoms with E-state index in [0.29, 0.717) is 4.47 Å². The second kappa shape index (κ2) is 7.83. The molecule has 0 aliphatic carbocycles. The van der Waals surface area contributed by atoms with Crippen molar-refractivity contribution in [3.63, 3.8) is 0 Å². The monoisotopic (exact) mass is 382 g/mol. The van der Waals surface area contributed by atoms with Crippen molar-refractivity contribution in [3.8, 4) is 0 Å². The molecule has 0 saturated heterocycles. The maximum Gasteiger partial charge on any atom is 0.306 e. The highest BCUT2D eigenvalue weighted by Crippen LogP contribution is 2.15. The number of carbonyl (C=O) groups is 1. The quantitative estimate of drug-likeness (QED) is 0.723. The first-order valence-electron chi connectivity index (χ1n) is 5.98. The van der Waals surface area contributed by atoms with Gasteiger partial charge in [-0.2, -0.15) is 17.4 Å². The van der Waals surface area contributed by atoms with Crippen LogP contribution < -0.4 is 4.72 Å². The van der Waals surface area contributed by atoms with Crippen molar-refractivity contribution in [2.75, 3.05) is 20.7 Å². The molecule has 21 heavy (non-hydrogen) atoms. The van der Waals surface area contributed by atoms with Gasteiger partial charge in [-0.15, -0.1) is 0 Å². The summed E-state index contributed by atoms with van der Waals surface area (Å²) in [5.41, 5.74) is 0.217. The van der Waals surface area contributed by atoms with E-state index in [1.807, 2.05) is 0 Å². The van der Waals surface area contributed by atoms with Crippen molar-refractivity contribution >= 4 is 32.1 Å². The molecule has 1 N–H and O–H groups in total. The predicted octanol–water partition coefficient (Wildman–Crippen LogP) is 1.42. The molecule has 9 heteroatoms. The van der Waals surface area contributed by atoms with E-state index in [0.717, 1.165) is 4.31 Å². The number of nitrogens with zero attached hydrogens (tertiary/aromatic N) is 1. The molecule has 0 spiro atoms. The van der Waals surface area contributed by atoms with E-state index >= 15 is 0 Å². The van der Waals surface area contributed by atoms with Crippen LogP contribution in [0.15, 0.2) is 22.7 Å². The number of nitrogens with one attached hydrogen (secondary N) is 1. The van der Waals surface area contributed by atoms with Gasteiger partial charge in [0, 0.05) is 30.2 Å². The van der Waals surface area contributed by atoms with Crippen LogP contribution >= 0.6 is 15.9 Å². The summed E-state index contributed by atoms with van der Waals surface area (Å²) >= 11 is 3.19. The minimum absolute atomic E-state index is 0.0248. The Bertz CT molecular complexity index is 609. The lowest BCUT2D eigenvalue weighted by molar-refractivity contribution is -0.140. The van der Waals surface area contributed by atoms with E-state index in [9.17, 15) is 17.6 Å². The number of ether oxygens (including phenoxy) is 1. The van der Waals surface area contributed by atoms with Crippen LogP contribution in [-0.2, 0) is 26.3 Å². The molecule has 0 saturated carbocycles. The second-order valence-corrected chi connectivity index (χ2v) is 6.99. The van der Waals surface area contributed by atoms with Gasteiger partial charge in [-0.25, -0.2) is 4.39 Å². The topological polar surface area (TPSA) is 75.7 Å². The van der Waals surface area contributed by atoms with Crippen LogP contribution in [0.25, 0.3) is 0 Å². The Balaban J connectivity index is 2.63. The first-order valence-corrected chi connectivity index (χ1v) is 8.21.